The summed E-state index contributed by atoms with van der Waals surface area (Å²) in [5, 5.41) is 7.38. The van der Waals surface area contributed by atoms with Gasteiger partial charge >= 0.3 is 0 Å². The molecule has 0 atom stereocenters. The van der Waals surface area contributed by atoms with Crippen molar-refractivity contribution in [1.29, 1.82) is 0 Å². The molecule has 2 amide bonds. The van der Waals surface area contributed by atoms with Crippen LogP contribution in [0.5, 0.6) is 0 Å². The number of benzene rings is 2. The summed E-state index contributed by atoms with van der Waals surface area (Å²) in [6.07, 6.45) is 3.99. The van der Waals surface area contributed by atoms with Crippen molar-refractivity contribution in [3.8, 4) is 5.69 Å². The van der Waals surface area contributed by atoms with Crippen molar-refractivity contribution >= 4 is 17.5 Å². The maximum Gasteiger partial charge on any atom is 0.238 e. The minimum Gasteiger partial charge on any atom is -0.340 e. The van der Waals surface area contributed by atoms with E-state index in [1.807, 2.05) is 73.5 Å². The van der Waals surface area contributed by atoms with Gasteiger partial charge in [0.05, 0.1) is 24.8 Å². The summed E-state index contributed by atoms with van der Waals surface area (Å²) in [6.45, 7) is 7.02. The maximum atomic E-state index is 12.7. The molecule has 1 aromatic heterocycles. The fourth-order valence-corrected chi connectivity index (χ4v) is 3.89. The van der Waals surface area contributed by atoms with Gasteiger partial charge in [0.2, 0.25) is 11.8 Å². The predicted octanol–water partition coefficient (Wildman–Crippen LogP) is 2.81. The number of amides is 2. The zero-order chi connectivity index (χ0) is 22.5. The fraction of sp³-hybridized carbons (Fsp3) is 0.320. The number of para-hydroxylation sites is 1. The molecule has 0 unspecified atom stereocenters. The highest BCUT2D eigenvalue weighted by Gasteiger charge is 2.23. The molecule has 0 aliphatic carbocycles. The molecule has 1 aliphatic heterocycles. The number of anilines is 1. The van der Waals surface area contributed by atoms with E-state index in [0.717, 1.165) is 28.1 Å². The van der Waals surface area contributed by atoms with Gasteiger partial charge in [-0.25, -0.2) is 4.68 Å². The second kappa shape index (κ2) is 9.78. The van der Waals surface area contributed by atoms with Crippen LogP contribution in [0.25, 0.3) is 5.69 Å². The summed E-state index contributed by atoms with van der Waals surface area (Å²) in [5.74, 6) is 0.0731. The summed E-state index contributed by atoms with van der Waals surface area (Å²) in [6, 6.07) is 15.8. The van der Waals surface area contributed by atoms with Crippen molar-refractivity contribution in [2.45, 2.75) is 20.3 Å². The van der Waals surface area contributed by atoms with E-state index >= 15 is 0 Å². The average Bonchev–Trinajstić information content (AvgIpc) is 3.26. The van der Waals surface area contributed by atoms with Gasteiger partial charge in [-0.2, -0.15) is 5.10 Å². The Morgan fingerprint density at radius 3 is 2.47 bits per heavy atom. The van der Waals surface area contributed by atoms with Crippen LogP contribution in [0, 0.1) is 13.8 Å². The van der Waals surface area contributed by atoms with Crippen LogP contribution in [-0.2, 0) is 16.0 Å². The normalized spacial score (nSPS) is 14.4. The van der Waals surface area contributed by atoms with E-state index in [2.05, 4.69) is 15.3 Å². The van der Waals surface area contributed by atoms with Gasteiger partial charge in [0.25, 0.3) is 0 Å². The van der Waals surface area contributed by atoms with E-state index < -0.39 is 0 Å². The first-order chi connectivity index (χ1) is 15.5. The largest absolute Gasteiger partial charge is 0.340 e. The van der Waals surface area contributed by atoms with Gasteiger partial charge in [-0.1, -0.05) is 30.3 Å². The molecule has 0 radical (unpaired) electrons. The van der Waals surface area contributed by atoms with Crippen LogP contribution in [0.2, 0.25) is 0 Å². The fourth-order valence-electron chi connectivity index (χ4n) is 3.89. The van der Waals surface area contributed by atoms with Crippen molar-refractivity contribution in [3.05, 3.63) is 77.6 Å². The Labute approximate surface area is 188 Å². The molecule has 3 aromatic rings. The van der Waals surface area contributed by atoms with E-state index in [0.29, 0.717) is 39.1 Å². The smallest absolute Gasteiger partial charge is 0.238 e. The summed E-state index contributed by atoms with van der Waals surface area (Å²) in [4.78, 5) is 29.2. The lowest BCUT2D eigenvalue weighted by molar-refractivity contribution is -0.132. The summed E-state index contributed by atoms with van der Waals surface area (Å²) in [5.41, 5.74) is 4.98. The molecule has 1 aliphatic rings. The van der Waals surface area contributed by atoms with E-state index in [9.17, 15) is 9.59 Å². The molecule has 0 saturated carbocycles. The average molecular weight is 432 g/mol. The highest BCUT2D eigenvalue weighted by atomic mass is 16.2. The van der Waals surface area contributed by atoms with Crippen LogP contribution < -0.4 is 5.32 Å². The maximum absolute atomic E-state index is 12.7. The molecule has 1 fully saturated rings. The van der Waals surface area contributed by atoms with Crippen molar-refractivity contribution in [2.24, 2.45) is 0 Å². The minimum absolute atomic E-state index is 0.0215. The zero-order valence-electron chi connectivity index (χ0n) is 18.6. The molecule has 166 valence electrons. The van der Waals surface area contributed by atoms with Gasteiger partial charge in [0.1, 0.15) is 0 Å². The Bertz CT molecular complexity index is 1080. The van der Waals surface area contributed by atoms with E-state index in [1.54, 1.807) is 10.9 Å². The monoisotopic (exact) mass is 431 g/mol. The zero-order valence-corrected chi connectivity index (χ0v) is 18.6. The molecular weight excluding hydrogens is 402 g/mol. The Balaban J connectivity index is 1.24. The van der Waals surface area contributed by atoms with Crippen LogP contribution in [0.3, 0.4) is 0 Å². The molecule has 0 bridgehead atoms. The van der Waals surface area contributed by atoms with Crippen LogP contribution in [0.4, 0.5) is 5.69 Å². The number of carbonyl (C=O) groups is 2. The number of piperazine rings is 1. The Kier molecular flexibility index (Phi) is 6.66. The topological polar surface area (TPSA) is 70.5 Å². The van der Waals surface area contributed by atoms with Crippen molar-refractivity contribution < 1.29 is 9.59 Å². The number of aromatic nitrogens is 2. The van der Waals surface area contributed by atoms with Crippen LogP contribution in [0.1, 0.15) is 16.7 Å². The first-order valence-corrected chi connectivity index (χ1v) is 10.9. The van der Waals surface area contributed by atoms with Gasteiger partial charge in [-0.05, 0) is 48.7 Å². The Morgan fingerprint density at radius 1 is 0.969 bits per heavy atom. The van der Waals surface area contributed by atoms with Crippen LogP contribution >= 0.6 is 0 Å². The third kappa shape index (κ3) is 5.23. The summed E-state index contributed by atoms with van der Waals surface area (Å²) >= 11 is 0. The lowest BCUT2D eigenvalue weighted by Crippen LogP contribution is -2.50. The first-order valence-electron chi connectivity index (χ1n) is 10.9. The Morgan fingerprint density at radius 2 is 1.72 bits per heavy atom. The Hall–Kier alpha value is -3.45. The molecule has 0 spiro atoms. The van der Waals surface area contributed by atoms with Crippen molar-refractivity contribution in [3.63, 3.8) is 0 Å². The van der Waals surface area contributed by atoms with Gasteiger partial charge in [-0.15, -0.1) is 0 Å². The van der Waals surface area contributed by atoms with Gasteiger partial charge < -0.3 is 10.2 Å². The SMILES string of the molecule is Cc1cccc(NC(=O)CN2CCN(C(=O)Cc3cnn(-c4ccccc4)c3)CC2)c1C. The third-order valence-electron chi connectivity index (χ3n) is 5.98. The molecule has 7 heteroatoms. The molecule has 7 nitrogen and oxygen atoms in total. The van der Waals surface area contributed by atoms with Crippen LogP contribution in [-0.4, -0.2) is 64.1 Å². The van der Waals surface area contributed by atoms with Crippen molar-refractivity contribution in [2.75, 3.05) is 38.0 Å². The molecule has 1 N–H and O–H groups in total. The lowest BCUT2D eigenvalue weighted by Gasteiger charge is -2.34. The van der Waals surface area contributed by atoms with Crippen molar-refractivity contribution in [1.82, 2.24) is 19.6 Å². The number of nitrogens with one attached hydrogen (secondary N) is 1. The number of aryl methyl sites for hydroxylation is 1. The van der Waals surface area contributed by atoms with E-state index in [1.165, 1.54) is 0 Å². The van der Waals surface area contributed by atoms with E-state index in [-0.39, 0.29) is 11.8 Å². The lowest BCUT2D eigenvalue weighted by atomic mass is 10.1. The molecule has 4 rings (SSSR count). The molecule has 1 saturated heterocycles. The minimum atomic E-state index is -0.0215. The van der Waals surface area contributed by atoms with Gasteiger partial charge in [0.15, 0.2) is 0 Å². The summed E-state index contributed by atoms with van der Waals surface area (Å²) < 4.78 is 1.79. The first kappa shape index (κ1) is 21.8. The van der Waals surface area contributed by atoms with E-state index in [4.69, 9.17) is 0 Å². The molecule has 32 heavy (non-hydrogen) atoms. The summed E-state index contributed by atoms with van der Waals surface area (Å²) in [7, 11) is 0. The number of rotatable bonds is 6. The number of carbonyl (C=O) groups excluding carboxylic acids is 2. The molecule has 2 heterocycles. The van der Waals surface area contributed by atoms with Gasteiger partial charge in [0, 0.05) is 38.1 Å². The standard InChI is InChI=1S/C25H29N5O2/c1-19-7-6-10-23(20(19)2)27-24(31)18-28-11-13-29(14-12-28)25(32)15-21-16-26-30(17-21)22-8-4-3-5-9-22/h3-10,16-17H,11-15,18H2,1-2H3,(H,27,31). The number of hydrogen-bond acceptors (Lipinski definition) is 4. The second-order valence-electron chi connectivity index (χ2n) is 8.26. The van der Waals surface area contributed by atoms with Gasteiger partial charge in [-0.3, -0.25) is 14.5 Å². The third-order valence-corrected chi connectivity index (χ3v) is 5.98. The predicted molar refractivity (Wildman–Crippen MR) is 125 cm³/mol. The quantitative estimate of drug-likeness (QED) is 0.652. The molecule has 2 aromatic carbocycles. The number of nitrogens with zero attached hydrogens (tertiary/aromatic N) is 4. The highest BCUT2D eigenvalue weighted by molar-refractivity contribution is 5.93. The second-order valence-corrected chi connectivity index (χ2v) is 8.26. The van der Waals surface area contributed by atoms with Crippen LogP contribution in [0.15, 0.2) is 60.9 Å². The highest BCUT2D eigenvalue weighted by Crippen LogP contribution is 2.18. The molecular formula is C25H29N5O2. The number of hydrogen-bond donors (Lipinski definition) is 1.